The molecule has 0 radical (unpaired) electrons. The van der Waals surface area contributed by atoms with Crippen LogP contribution in [0.25, 0.3) is 0 Å². The van der Waals surface area contributed by atoms with Gasteiger partial charge in [-0.1, -0.05) is 18.0 Å². The average Bonchev–Trinajstić information content (AvgIpc) is 2.99. The van der Waals surface area contributed by atoms with Crippen LogP contribution in [0.15, 0.2) is 5.16 Å². The van der Waals surface area contributed by atoms with Gasteiger partial charge in [-0.3, -0.25) is 0 Å². The number of amides is 2. The molecule has 0 aromatic rings. The number of rotatable bonds is 2. The molecule has 17 heavy (non-hydrogen) atoms. The maximum atomic E-state index is 12.0. The number of urea groups is 1. The molecule has 1 saturated carbocycles. The quantitative estimate of drug-likeness (QED) is 0.289. The first-order chi connectivity index (χ1) is 8.18. The monoisotopic (exact) mass is 240 g/mol. The standard InChI is InChI=1S/C11H20N4O2/c12-9(14-17)11(5-1-2-6-11)13-10(16)15-7-3-4-8-15/h17H,1-8H2,(H2,12,14)(H,13,16). The van der Waals surface area contributed by atoms with Crippen LogP contribution in [0.1, 0.15) is 38.5 Å². The third-order valence-corrected chi connectivity index (χ3v) is 3.79. The molecular formula is C11H20N4O2. The molecule has 96 valence electrons. The first-order valence-electron chi connectivity index (χ1n) is 6.23. The molecule has 2 aliphatic rings. The summed E-state index contributed by atoms with van der Waals surface area (Å²) in [6.45, 7) is 1.61. The van der Waals surface area contributed by atoms with Gasteiger partial charge in [-0.2, -0.15) is 0 Å². The Labute approximate surface area is 101 Å². The number of hydrogen-bond acceptors (Lipinski definition) is 3. The normalized spacial score (nSPS) is 24.0. The summed E-state index contributed by atoms with van der Waals surface area (Å²) in [6, 6.07) is -0.0870. The minimum absolute atomic E-state index is 0.0870. The van der Waals surface area contributed by atoms with E-state index in [1.54, 1.807) is 4.90 Å². The number of nitrogens with one attached hydrogen (secondary N) is 1. The van der Waals surface area contributed by atoms with Gasteiger partial charge in [0.25, 0.3) is 0 Å². The highest BCUT2D eigenvalue weighted by molar-refractivity contribution is 5.93. The van der Waals surface area contributed by atoms with Crippen molar-refractivity contribution in [2.45, 2.75) is 44.1 Å². The number of oxime groups is 1. The van der Waals surface area contributed by atoms with Gasteiger partial charge >= 0.3 is 6.03 Å². The molecule has 1 saturated heterocycles. The Morgan fingerprint density at radius 1 is 1.24 bits per heavy atom. The van der Waals surface area contributed by atoms with E-state index in [4.69, 9.17) is 10.9 Å². The molecule has 0 aromatic carbocycles. The maximum Gasteiger partial charge on any atom is 0.318 e. The first kappa shape index (κ1) is 12.0. The Kier molecular flexibility index (Phi) is 3.40. The minimum Gasteiger partial charge on any atom is -0.409 e. The van der Waals surface area contributed by atoms with Gasteiger partial charge in [-0.25, -0.2) is 4.79 Å². The van der Waals surface area contributed by atoms with E-state index >= 15 is 0 Å². The summed E-state index contributed by atoms with van der Waals surface area (Å²) < 4.78 is 0. The Hall–Kier alpha value is -1.46. The lowest BCUT2D eigenvalue weighted by molar-refractivity contribution is 0.200. The van der Waals surface area contributed by atoms with Crippen LogP contribution in [0, 0.1) is 0 Å². The number of amidine groups is 1. The predicted molar refractivity (Wildman–Crippen MR) is 63.9 cm³/mol. The van der Waals surface area contributed by atoms with Crippen LogP contribution >= 0.6 is 0 Å². The molecule has 4 N–H and O–H groups in total. The van der Waals surface area contributed by atoms with Crippen molar-refractivity contribution < 1.29 is 10.0 Å². The maximum absolute atomic E-state index is 12.0. The molecule has 6 heteroatoms. The second-order valence-electron chi connectivity index (χ2n) is 4.90. The van der Waals surface area contributed by atoms with Gasteiger partial charge in [0.05, 0.1) is 0 Å². The molecule has 2 amide bonds. The van der Waals surface area contributed by atoms with Crippen LogP contribution in [0.3, 0.4) is 0 Å². The van der Waals surface area contributed by atoms with Gasteiger partial charge in [0, 0.05) is 13.1 Å². The van der Waals surface area contributed by atoms with E-state index in [0.29, 0.717) is 0 Å². The predicted octanol–water partition coefficient (Wildman–Crippen LogP) is 0.851. The molecule has 0 atom stereocenters. The Bertz CT molecular complexity index is 317. The van der Waals surface area contributed by atoms with Crippen molar-refractivity contribution in [3.63, 3.8) is 0 Å². The van der Waals surface area contributed by atoms with E-state index in [9.17, 15) is 4.79 Å². The van der Waals surface area contributed by atoms with Crippen LogP contribution < -0.4 is 11.1 Å². The number of nitrogens with zero attached hydrogens (tertiary/aromatic N) is 2. The fourth-order valence-electron chi connectivity index (χ4n) is 2.72. The van der Waals surface area contributed by atoms with Crippen molar-refractivity contribution in [2.75, 3.05) is 13.1 Å². The SMILES string of the molecule is NC(=NO)C1(NC(=O)N2CCCC2)CCCC1. The van der Waals surface area contributed by atoms with E-state index in [-0.39, 0.29) is 11.9 Å². The molecule has 1 heterocycles. The number of nitrogens with two attached hydrogens (primary N) is 1. The van der Waals surface area contributed by atoms with E-state index in [1.165, 1.54) is 0 Å². The molecule has 1 aliphatic heterocycles. The second-order valence-corrected chi connectivity index (χ2v) is 4.90. The zero-order valence-electron chi connectivity index (χ0n) is 9.98. The molecular weight excluding hydrogens is 220 g/mol. The van der Waals surface area contributed by atoms with E-state index in [1.807, 2.05) is 0 Å². The van der Waals surface area contributed by atoms with Gasteiger partial charge in [0.15, 0.2) is 5.84 Å². The highest BCUT2D eigenvalue weighted by Crippen LogP contribution is 2.30. The summed E-state index contributed by atoms with van der Waals surface area (Å²) >= 11 is 0. The van der Waals surface area contributed by atoms with E-state index < -0.39 is 5.54 Å². The van der Waals surface area contributed by atoms with Gasteiger partial charge in [0.2, 0.25) is 0 Å². The number of hydrogen-bond donors (Lipinski definition) is 3. The topological polar surface area (TPSA) is 91.0 Å². The fraction of sp³-hybridized carbons (Fsp3) is 0.818. The summed E-state index contributed by atoms with van der Waals surface area (Å²) in [5, 5.41) is 14.9. The van der Waals surface area contributed by atoms with E-state index in [0.717, 1.165) is 51.6 Å². The third-order valence-electron chi connectivity index (χ3n) is 3.79. The first-order valence-corrected chi connectivity index (χ1v) is 6.23. The second kappa shape index (κ2) is 4.81. The summed E-state index contributed by atoms with van der Waals surface area (Å²) in [5.74, 6) is 0.127. The number of carbonyl (C=O) groups excluding carboxylic acids is 1. The Morgan fingerprint density at radius 2 is 1.82 bits per heavy atom. The summed E-state index contributed by atoms with van der Waals surface area (Å²) in [5.41, 5.74) is 5.10. The van der Waals surface area contributed by atoms with Gasteiger partial charge in [-0.05, 0) is 25.7 Å². The smallest absolute Gasteiger partial charge is 0.318 e. The Morgan fingerprint density at radius 3 is 2.35 bits per heavy atom. The zero-order valence-corrected chi connectivity index (χ0v) is 9.98. The van der Waals surface area contributed by atoms with Crippen molar-refractivity contribution in [3.05, 3.63) is 0 Å². The molecule has 0 bridgehead atoms. The largest absolute Gasteiger partial charge is 0.409 e. The van der Waals surface area contributed by atoms with Gasteiger partial charge in [0.1, 0.15) is 5.54 Å². The lowest BCUT2D eigenvalue weighted by atomic mass is 9.96. The average molecular weight is 240 g/mol. The van der Waals surface area contributed by atoms with Gasteiger partial charge in [-0.15, -0.1) is 0 Å². The van der Waals surface area contributed by atoms with Crippen molar-refractivity contribution in [3.8, 4) is 0 Å². The molecule has 6 nitrogen and oxygen atoms in total. The fourth-order valence-corrected chi connectivity index (χ4v) is 2.72. The third kappa shape index (κ3) is 2.30. The molecule has 0 aromatic heterocycles. The lowest BCUT2D eigenvalue weighted by Gasteiger charge is -2.31. The summed E-state index contributed by atoms with van der Waals surface area (Å²) in [4.78, 5) is 13.8. The highest BCUT2D eigenvalue weighted by Gasteiger charge is 2.40. The van der Waals surface area contributed by atoms with Crippen LogP contribution in [-0.4, -0.2) is 40.6 Å². The summed E-state index contributed by atoms with van der Waals surface area (Å²) in [7, 11) is 0. The minimum atomic E-state index is -0.631. The van der Waals surface area contributed by atoms with Crippen molar-refractivity contribution >= 4 is 11.9 Å². The van der Waals surface area contributed by atoms with Crippen LogP contribution in [0.2, 0.25) is 0 Å². The zero-order chi connectivity index (χ0) is 12.3. The lowest BCUT2D eigenvalue weighted by Crippen LogP contribution is -2.58. The number of likely N-dealkylation sites (tertiary alicyclic amines) is 1. The summed E-state index contributed by atoms with van der Waals surface area (Å²) in [6.07, 6.45) is 5.62. The molecule has 2 rings (SSSR count). The van der Waals surface area contributed by atoms with Crippen LogP contribution in [-0.2, 0) is 0 Å². The van der Waals surface area contributed by atoms with Crippen LogP contribution in [0.5, 0.6) is 0 Å². The molecule has 1 aliphatic carbocycles. The van der Waals surface area contributed by atoms with Gasteiger partial charge < -0.3 is 21.2 Å². The molecule has 0 spiro atoms. The molecule has 2 fully saturated rings. The van der Waals surface area contributed by atoms with Crippen molar-refractivity contribution in [1.82, 2.24) is 10.2 Å². The van der Waals surface area contributed by atoms with Crippen molar-refractivity contribution in [2.24, 2.45) is 10.9 Å². The number of carbonyl (C=O) groups is 1. The van der Waals surface area contributed by atoms with Crippen molar-refractivity contribution in [1.29, 1.82) is 0 Å². The Balaban J connectivity index is 2.05. The highest BCUT2D eigenvalue weighted by atomic mass is 16.4. The molecule has 0 unspecified atom stereocenters. The van der Waals surface area contributed by atoms with Crippen LogP contribution in [0.4, 0.5) is 4.79 Å². The van der Waals surface area contributed by atoms with E-state index in [2.05, 4.69) is 10.5 Å².